The Bertz CT molecular complexity index is 398. The second kappa shape index (κ2) is 3.64. The van der Waals surface area contributed by atoms with E-state index in [1.807, 2.05) is 6.07 Å². The van der Waals surface area contributed by atoms with Crippen LogP contribution in [0, 0.1) is 17.1 Å². The van der Waals surface area contributed by atoms with Gasteiger partial charge in [0.25, 0.3) is 0 Å². The van der Waals surface area contributed by atoms with Gasteiger partial charge in [-0.3, -0.25) is 0 Å². The predicted molar refractivity (Wildman–Crippen MR) is 48.3 cm³/mol. The Hall–Kier alpha value is -1.60. The van der Waals surface area contributed by atoms with Crippen LogP contribution >= 0.6 is 0 Å². The minimum atomic E-state index is -0.396. The smallest absolute Gasteiger partial charge is 0.141 e. The molecule has 72 valence electrons. The first-order valence-corrected chi connectivity index (χ1v) is 4.37. The van der Waals surface area contributed by atoms with Crippen LogP contribution in [-0.2, 0) is 6.54 Å². The summed E-state index contributed by atoms with van der Waals surface area (Å²) in [5.41, 5.74) is 0.975. The fourth-order valence-electron chi connectivity index (χ4n) is 1.48. The van der Waals surface area contributed by atoms with E-state index in [0.717, 1.165) is 0 Å². The molecule has 0 radical (unpaired) electrons. The third kappa shape index (κ3) is 1.54. The van der Waals surface area contributed by atoms with E-state index < -0.39 is 5.82 Å². The number of nitrogens with one attached hydrogen (secondary N) is 1. The maximum Gasteiger partial charge on any atom is 0.141 e. The number of hydrogen-bond acceptors (Lipinski definition) is 3. The molecule has 1 aromatic rings. The Morgan fingerprint density at radius 3 is 3.14 bits per heavy atom. The lowest BCUT2D eigenvalue weighted by molar-refractivity contribution is 0.324. The predicted octanol–water partition coefficient (Wildman–Crippen LogP) is 1.18. The first-order valence-electron chi connectivity index (χ1n) is 4.37. The minimum Gasteiger partial charge on any atom is -0.491 e. The normalized spacial score (nSPS) is 14.9. The molecule has 1 aliphatic rings. The summed E-state index contributed by atoms with van der Waals surface area (Å²) >= 11 is 0. The van der Waals surface area contributed by atoms with Gasteiger partial charge < -0.3 is 10.1 Å². The molecule has 0 spiro atoms. The van der Waals surface area contributed by atoms with Crippen molar-refractivity contribution < 1.29 is 9.13 Å². The molecule has 0 atom stereocenters. The zero-order valence-corrected chi connectivity index (χ0v) is 7.51. The zero-order chi connectivity index (χ0) is 9.97. The van der Waals surface area contributed by atoms with Crippen molar-refractivity contribution in [3.8, 4) is 11.8 Å². The first-order chi connectivity index (χ1) is 6.81. The molecule has 1 heterocycles. The van der Waals surface area contributed by atoms with Gasteiger partial charge in [-0.25, -0.2) is 4.39 Å². The molecule has 1 aromatic carbocycles. The van der Waals surface area contributed by atoms with Gasteiger partial charge in [0.2, 0.25) is 0 Å². The van der Waals surface area contributed by atoms with Crippen molar-refractivity contribution in [2.45, 2.75) is 6.54 Å². The summed E-state index contributed by atoms with van der Waals surface area (Å²) in [7, 11) is 0. The Morgan fingerprint density at radius 1 is 1.50 bits per heavy atom. The molecule has 0 aliphatic carbocycles. The van der Waals surface area contributed by atoms with Gasteiger partial charge in [0.05, 0.1) is 5.56 Å². The third-order valence-electron chi connectivity index (χ3n) is 2.09. The van der Waals surface area contributed by atoms with E-state index in [9.17, 15) is 4.39 Å². The van der Waals surface area contributed by atoms with Crippen LogP contribution in [0.4, 0.5) is 4.39 Å². The van der Waals surface area contributed by atoms with Crippen LogP contribution in [0.15, 0.2) is 12.1 Å². The average Bonchev–Trinajstić information content (AvgIpc) is 2.41. The molecule has 4 heteroatoms. The highest BCUT2D eigenvalue weighted by Gasteiger charge is 2.14. The number of rotatable bonds is 0. The maximum atomic E-state index is 13.0. The van der Waals surface area contributed by atoms with E-state index in [0.29, 0.717) is 31.0 Å². The van der Waals surface area contributed by atoms with Crippen LogP contribution in [0.5, 0.6) is 5.75 Å². The molecule has 0 saturated carbocycles. The van der Waals surface area contributed by atoms with Gasteiger partial charge in [0.15, 0.2) is 0 Å². The van der Waals surface area contributed by atoms with Gasteiger partial charge in [0, 0.05) is 18.7 Å². The van der Waals surface area contributed by atoms with Gasteiger partial charge in [-0.2, -0.15) is 5.26 Å². The van der Waals surface area contributed by atoms with E-state index in [1.165, 1.54) is 12.1 Å². The molecule has 3 nitrogen and oxygen atoms in total. The van der Waals surface area contributed by atoms with Crippen LogP contribution in [0.2, 0.25) is 0 Å². The number of nitriles is 1. The molecule has 2 rings (SSSR count). The number of halogens is 1. The highest BCUT2D eigenvalue weighted by atomic mass is 19.1. The van der Waals surface area contributed by atoms with Gasteiger partial charge in [-0.15, -0.1) is 0 Å². The number of hydrogen-bond donors (Lipinski definition) is 1. The second-order valence-corrected chi connectivity index (χ2v) is 3.08. The summed E-state index contributed by atoms with van der Waals surface area (Å²) < 4.78 is 18.4. The van der Waals surface area contributed by atoms with Crippen molar-refractivity contribution in [2.24, 2.45) is 0 Å². The van der Waals surface area contributed by atoms with Crippen molar-refractivity contribution in [2.75, 3.05) is 13.2 Å². The van der Waals surface area contributed by atoms with E-state index >= 15 is 0 Å². The van der Waals surface area contributed by atoms with Crippen molar-refractivity contribution in [1.29, 1.82) is 5.26 Å². The summed E-state index contributed by atoms with van der Waals surface area (Å²) in [4.78, 5) is 0. The molecule has 14 heavy (non-hydrogen) atoms. The largest absolute Gasteiger partial charge is 0.491 e. The molecule has 0 aromatic heterocycles. The first kappa shape index (κ1) is 8.97. The van der Waals surface area contributed by atoms with Crippen molar-refractivity contribution in [3.05, 3.63) is 29.1 Å². The summed E-state index contributed by atoms with van der Waals surface area (Å²) in [5, 5.41) is 11.9. The standard InChI is InChI=1S/C10H9FN2O/c11-9-3-7(5-12)10-8(4-9)6-13-1-2-14-10/h3-4,13H,1-2,6H2. The topological polar surface area (TPSA) is 45.0 Å². The fraction of sp³-hybridized carbons (Fsp3) is 0.300. The lowest BCUT2D eigenvalue weighted by Crippen LogP contribution is -2.16. The van der Waals surface area contributed by atoms with Crippen molar-refractivity contribution in [1.82, 2.24) is 5.32 Å². The molecule has 0 amide bonds. The Balaban J connectivity index is 2.53. The number of benzene rings is 1. The summed E-state index contributed by atoms with van der Waals surface area (Å²) in [6.45, 7) is 1.76. The maximum absolute atomic E-state index is 13.0. The van der Waals surface area contributed by atoms with E-state index in [2.05, 4.69) is 5.32 Å². The van der Waals surface area contributed by atoms with Gasteiger partial charge >= 0.3 is 0 Å². The Morgan fingerprint density at radius 2 is 2.36 bits per heavy atom. The Kier molecular flexibility index (Phi) is 2.33. The summed E-state index contributed by atoms with van der Waals surface area (Å²) in [6.07, 6.45) is 0. The van der Waals surface area contributed by atoms with Crippen LogP contribution in [0.25, 0.3) is 0 Å². The molecule has 0 unspecified atom stereocenters. The number of nitrogens with zero attached hydrogens (tertiary/aromatic N) is 1. The Labute approximate surface area is 81.1 Å². The van der Waals surface area contributed by atoms with Crippen molar-refractivity contribution in [3.63, 3.8) is 0 Å². The molecular weight excluding hydrogens is 183 g/mol. The number of ether oxygens (including phenoxy) is 1. The second-order valence-electron chi connectivity index (χ2n) is 3.08. The zero-order valence-electron chi connectivity index (χ0n) is 7.51. The highest BCUT2D eigenvalue weighted by Crippen LogP contribution is 2.26. The van der Waals surface area contributed by atoms with Crippen LogP contribution < -0.4 is 10.1 Å². The summed E-state index contributed by atoms with van der Waals surface area (Å²) in [5.74, 6) is 0.117. The molecule has 0 bridgehead atoms. The fourth-order valence-corrected chi connectivity index (χ4v) is 1.48. The lowest BCUT2D eigenvalue weighted by Gasteiger charge is -2.07. The molecule has 0 fully saturated rings. The molecule has 0 saturated heterocycles. The number of fused-ring (bicyclic) bond motifs is 1. The van der Waals surface area contributed by atoms with E-state index in [4.69, 9.17) is 10.00 Å². The van der Waals surface area contributed by atoms with Crippen LogP contribution in [0.3, 0.4) is 0 Å². The van der Waals surface area contributed by atoms with Gasteiger partial charge in [-0.05, 0) is 12.1 Å². The lowest BCUT2D eigenvalue weighted by atomic mass is 10.1. The van der Waals surface area contributed by atoms with Crippen molar-refractivity contribution >= 4 is 0 Å². The third-order valence-corrected chi connectivity index (χ3v) is 2.09. The minimum absolute atomic E-state index is 0.267. The van der Waals surface area contributed by atoms with E-state index in [-0.39, 0.29) is 5.56 Å². The quantitative estimate of drug-likeness (QED) is 0.671. The molecule has 1 aliphatic heterocycles. The highest BCUT2D eigenvalue weighted by molar-refractivity contribution is 5.49. The van der Waals surface area contributed by atoms with E-state index in [1.54, 1.807) is 0 Å². The SMILES string of the molecule is N#Cc1cc(F)cc2c1OCCNC2. The van der Waals surface area contributed by atoms with Crippen LogP contribution in [-0.4, -0.2) is 13.2 Å². The molecular formula is C10H9FN2O. The monoisotopic (exact) mass is 192 g/mol. The van der Waals surface area contributed by atoms with Crippen LogP contribution in [0.1, 0.15) is 11.1 Å². The van der Waals surface area contributed by atoms with Gasteiger partial charge in [-0.1, -0.05) is 0 Å². The average molecular weight is 192 g/mol. The molecule has 1 N–H and O–H groups in total. The van der Waals surface area contributed by atoms with Gasteiger partial charge in [0.1, 0.15) is 24.2 Å². The summed E-state index contributed by atoms with van der Waals surface area (Å²) in [6, 6.07) is 4.53.